The van der Waals surface area contributed by atoms with E-state index in [4.69, 9.17) is 11.5 Å². The minimum absolute atomic E-state index is 0.00945. The SMILES string of the molecule is CCOC(=O)c1cc(N)nc(CN)c1OC(F)(F)F. The van der Waals surface area contributed by atoms with Crippen molar-refractivity contribution in [3.63, 3.8) is 0 Å². The predicted octanol–water partition coefficient (Wildman–Crippen LogP) is 1.20. The third-order valence-corrected chi connectivity index (χ3v) is 1.97. The van der Waals surface area contributed by atoms with E-state index in [1.807, 2.05) is 0 Å². The van der Waals surface area contributed by atoms with E-state index in [-0.39, 0.29) is 24.7 Å². The van der Waals surface area contributed by atoms with E-state index < -0.39 is 23.6 Å². The summed E-state index contributed by atoms with van der Waals surface area (Å²) in [6, 6.07) is 0.943. The summed E-state index contributed by atoms with van der Waals surface area (Å²) in [4.78, 5) is 15.2. The lowest BCUT2D eigenvalue weighted by molar-refractivity contribution is -0.275. The largest absolute Gasteiger partial charge is 0.573 e. The summed E-state index contributed by atoms with van der Waals surface area (Å²) in [6.45, 7) is 1.13. The van der Waals surface area contributed by atoms with Gasteiger partial charge in [-0.25, -0.2) is 9.78 Å². The fourth-order valence-electron chi connectivity index (χ4n) is 1.34. The smallest absolute Gasteiger partial charge is 0.462 e. The number of nitrogen functional groups attached to an aromatic ring is 1. The van der Waals surface area contributed by atoms with Crippen LogP contribution in [0.5, 0.6) is 5.75 Å². The Labute approximate surface area is 106 Å². The number of hydrogen-bond donors (Lipinski definition) is 2. The lowest BCUT2D eigenvalue weighted by atomic mass is 10.2. The van der Waals surface area contributed by atoms with Gasteiger partial charge in [0.1, 0.15) is 11.4 Å². The molecule has 0 aliphatic carbocycles. The van der Waals surface area contributed by atoms with Gasteiger partial charge in [-0.15, -0.1) is 13.2 Å². The van der Waals surface area contributed by atoms with Gasteiger partial charge in [-0.3, -0.25) is 0 Å². The van der Waals surface area contributed by atoms with Gasteiger partial charge in [-0.05, 0) is 13.0 Å². The summed E-state index contributed by atoms with van der Waals surface area (Å²) in [7, 11) is 0. The third-order valence-electron chi connectivity index (χ3n) is 1.97. The molecular weight excluding hydrogens is 267 g/mol. The number of alkyl halides is 3. The molecule has 9 heteroatoms. The van der Waals surface area contributed by atoms with Crippen LogP contribution in [0.1, 0.15) is 23.0 Å². The van der Waals surface area contributed by atoms with Gasteiger partial charge in [0.15, 0.2) is 5.75 Å². The number of pyridine rings is 1. The second kappa shape index (κ2) is 5.74. The molecule has 0 spiro atoms. The Morgan fingerprint density at radius 3 is 2.58 bits per heavy atom. The summed E-state index contributed by atoms with van der Waals surface area (Å²) in [5.74, 6) is -1.94. The maximum atomic E-state index is 12.3. The Kier molecular flexibility index (Phi) is 4.54. The Hall–Kier alpha value is -2.03. The van der Waals surface area contributed by atoms with E-state index >= 15 is 0 Å². The van der Waals surface area contributed by atoms with Gasteiger partial charge in [-0.2, -0.15) is 0 Å². The highest BCUT2D eigenvalue weighted by Gasteiger charge is 2.35. The summed E-state index contributed by atoms with van der Waals surface area (Å²) in [5.41, 5.74) is 9.91. The number of aromatic nitrogens is 1. The van der Waals surface area contributed by atoms with E-state index in [0.717, 1.165) is 6.07 Å². The number of carbonyl (C=O) groups is 1. The number of ether oxygens (including phenoxy) is 2. The van der Waals surface area contributed by atoms with Gasteiger partial charge in [0, 0.05) is 6.54 Å². The van der Waals surface area contributed by atoms with Crippen molar-refractivity contribution in [1.82, 2.24) is 4.98 Å². The highest BCUT2D eigenvalue weighted by molar-refractivity contribution is 5.93. The Balaban J connectivity index is 3.33. The van der Waals surface area contributed by atoms with Crippen molar-refractivity contribution in [2.24, 2.45) is 5.73 Å². The number of carbonyl (C=O) groups excluding carboxylic acids is 1. The van der Waals surface area contributed by atoms with Crippen molar-refractivity contribution in [2.75, 3.05) is 12.3 Å². The molecule has 4 N–H and O–H groups in total. The van der Waals surface area contributed by atoms with Crippen LogP contribution < -0.4 is 16.2 Å². The first-order chi connectivity index (χ1) is 8.78. The predicted molar refractivity (Wildman–Crippen MR) is 59.2 cm³/mol. The molecule has 0 fully saturated rings. The summed E-state index contributed by atoms with van der Waals surface area (Å²) >= 11 is 0. The number of rotatable bonds is 4. The van der Waals surface area contributed by atoms with Crippen LogP contribution in [0.4, 0.5) is 19.0 Å². The molecule has 0 unspecified atom stereocenters. The highest BCUT2D eigenvalue weighted by atomic mass is 19.4. The average molecular weight is 279 g/mol. The monoisotopic (exact) mass is 279 g/mol. The molecule has 0 amide bonds. The number of hydrogen-bond acceptors (Lipinski definition) is 6. The minimum atomic E-state index is -4.98. The number of esters is 1. The first-order valence-corrected chi connectivity index (χ1v) is 5.20. The minimum Gasteiger partial charge on any atom is -0.462 e. The maximum Gasteiger partial charge on any atom is 0.573 e. The fraction of sp³-hybridized carbons (Fsp3) is 0.400. The van der Waals surface area contributed by atoms with Gasteiger partial charge in [0.25, 0.3) is 0 Å². The molecular formula is C10H12F3N3O3. The van der Waals surface area contributed by atoms with Gasteiger partial charge in [0.05, 0.1) is 12.3 Å². The van der Waals surface area contributed by atoms with Gasteiger partial charge < -0.3 is 20.9 Å². The molecule has 0 bridgehead atoms. The molecule has 1 aromatic heterocycles. The first-order valence-electron chi connectivity index (χ1n) is 5.20. The second-order valence-electron chi connectivity index (χ2n) is 3.34. The normalized spacial score (nSPS) is 11.2. The van der Waals surface area contributed by atoms with Crippen LogP contribution in [-0.4, -0.2) is 23.9 Å². The number of anilines is 1. The van der Waals surface area contributed by atoms with Crippen molar-refractivity contribution in [3.05, 3.63) is 17.3 Å². The van der Waals surface area contributed by atoms with E-state index in [1.54, 1.807) is 0 Å². The zero-order valence-electron chi connectivity index (χ0n) is 9.95. The number of halogens is 3. The fourth-order valence-corrected chi connectivity index (χ4v) is 1.34. The molecule has 19 heavy (non-hydrogen) atoms. The van der Waals surface area contributed by atoms with Gasteiger partial charge >= 0.3 is 12.3 Å². The molecule has 0 atom stereocenters. The zero-order chi connectivity index (χ0) is 14.6. The van der Waals surface area contributed by atoms with Crippen molar-refractivity contribution in [3.8, 4) is 5.75 Å². The van der Waals surface area contributed by atoms with E-state index in [9.17, 15) is 18.0 Å². The molecule has 1 heterocycles. The molecule has 0 aliphatic heterocycles. The third kappa shape index (κ3) is 3.98. The quantitative estimate of drug-likeness (QED) is 0.803. The summed E-state index contributed by atoms with van der Waals surface area (Å²) in [6.07, 6.45) is -4.98. The van der Waals surface area contributed by atoms with Crippen LogP contribution >= 0.6 is 0 Å². The van der Waals surface area contributed by atoms with Crippen LogP contribution in [0.3, 0.4) is 0 Å². The van der Waals surface area contributed by atoms with E-state index in [0.29, 0.717) is 0 Å². The van der Waals surface area contributed by atoms with Crippen molar-refractivity contribution in [1.29, 1.82) is 0 Å². The Morgan fingerprint density at radius 2 is 2.11 bits per heavy atom. The highest BCUT2D eigenvalue weighted by Crippen LogP contribution is 2.30. The molecule has 106 valence electrons. The van der Waals surface area contributed by atoms with Crippen LogP contribution in [0.15, 0.2) is 6.07 Å². The lowest BCUT2D eigenvalue weighted by Gasteiger charge is -2.15. The molecule has 0 aliphatic rings. The molecule has 6 nitrogen and oxygen atoms in total. The summed E-state index contributed by atoms with van der Waals surface area (Å²) in [5, 5.41) is 0. The van der Waals surface area contributed by atoms with Crippen LogP contribution in [0.25, 0.3) is 0 Å². The van der Waals surface area contributed by atoms with Crippen LogP contribution in [-0.2, 0) is 11.3 Å². The Morgan fingerprint density at radius 1 is 1.47 bits per heavy atom. The Bertz CT molecular complexity index is 477. The van der Waals surface area contributed by atoms with Crippen LogP contribution in [0.2, 0.25) is 0 Å². The van der Waals surface area contributed by atoms with Gasteiger partial charge in [0.2, 0.25) is 0 Å². The number of nitrogens with two attached hydrogens (primary N) is 2. The topological polar surface area (TPSA) is 100 Å². The van der Waals surface area contributed by atoms with E-state index in [2.05, 4.69) is 14.5 Å². The molecule has 0 radical (unpaired) electrons. The molecule has 0 aromatic carbocycles. The van der Waals surface area contributed by atoms with Crippen molar-refractivity contribution >= 4 is 11.8 Å². The maximum absolute atomic E-state index is 12.3. The summed E-state index contributed by atoms with van der Waals surface area (Å²) < 4.78 is 45.3. The zero-order valence-corrected chi connectivity index (χ0v) is 9.95. The molecule has 1 aromatic rings. The van der Waals surface area contributed by atoms with Crippen molar-refractivity contribution < 1.29 is 27.4 Å². The van der Waals surface area contributed by atoms with Gasteiger partial charge in [-0.1, -0.05) is 0 Å². The molecule has 1 rings (SSSR count). The first kappa shape index (κ1) is 15.0. The van der Waals surface area contributed by atoms with Crippen molar-refractivity contribution in [2.45, 2.75) is 19.8 Å². The standard InChI is InChI=1S/C10H12F3N3O3/c1-2-18-9(17)5-3-7(15)16-6(4-14)8(5)19-10(11,12)13/h3H,2,4,14H2,1H3,(H2,15,16). The molecule has 0 saturated carbocycles. The lowest BCUT2D eigenvalue weighted by Crippen LogP contribution is -2.22. The molecule has 0 saturated heterocycles. The number of nitrogens with zero attached hydrogens (tertiary/aromatic N) is 1. The second-order valence-corrected chi connectivity index (χ2v) is 3.34. The average Bonchev–Trinajstić information content (AvgIpc) is 2.29. The van der Waals surface area contributed by atoms with Crippen LogP contribution in [0, 0.1) is 0 Å². The van der Waals surface area contributed by atoms with E-state index in [1.165, 1.54) is 6.92 Å².